The van der Waals surface area contributed by atoms with Crippen molar-refractivity contribution in [3.8, 4) is 0 Å². The second-order valence-electron chi connectivity index (χ2n) is 6.25. The summed E-state index contributed by atoms with van der Waals surface area (Å²) in [7, 11) is 0. The molecule has 0 atom stereocenters. The largest absolute Gasteiger partial charge is 0.339 e. The number of nitrogens with zero attached hydrogens (tertiary/aromatic N) is 3. The van der Waals surface area contributed by atoms with Crippen LogP contribution < -0.4 is 4.90 Å². The van der Waals surface area contributed by atoms with Crippen LogP contribution in [-0.4, -0.2) is 22.6 Å². The molecule has 2 aromatic rings. The monoisotopic (exact) mass is 335 g/mol. The minimum Gasteiger partial charge on any atom is -0.339 e. The van der Waals surface area contributed by atoms with E-state index in [4.69, 9.17) is 4.52 Å². The molecule has 1 aromatic carbocycles. The van der Waals surface area contributed by atoms with Crippen molar-refractivity contribution >= 4 is 11.6 Å². The normalized spacial score (nSPS) is 14.1. The van der Waals surface area contributed by atoms with Crippen LogP contribution in [0, 0.1) is 11.6 Å². The molecule has 7 heteroatoms. The van der Waals surface area contributed by atoms with Crippen LogP contribution in [0.2, 0.25) is 0 Å². The molecule has 24 heavy (non-hydrogen) atoms. The molecule has 0 radical (unpaired) electrons. The maximum Gasteiger partial charge on any atom is 0.227 e. The summed E-state index contributed by atoms with van der Waals surface area (Å²) in [5, 5.41) is 3.85. The van der Waals surface area contributed by atoms with Crippen molar-refractivity contribution in [3.05, 3.63) is 41.0 Å². The molecule has 0 fully saturated rings. The van der Waals surface area contributed by atoms with E-state index in [1.54, 1.807) is 0 Å². The standard InChI is InChI=1S/C17H19F2N3O2/c1-10(2)17-20-14(24-21-17)5-6-15(23)22-7-3-4-11-8-12(18)9-13(19)16(11)22/h8-10H,3-7H2,1-2H3. The van der Waals surface area contributed by atoms with Crippen molar-refractivity contribution < 1.29 is 18.1 Å². The van der Waals surface area contributed by atoms with E-state index in [0.29, 0.717) is 43.1 Å². The molecule has 1 aliphatic rings. The molecule has 0 N–H and O–H groups in total. The van der Waals surface area contributed by atoms with E-state index < -0.39 is 11.6 Å². The number of aromatic nitrogens is 2. The average molecular weight is 335 g/mol. The molecule has 0 spiro atoms. The number of benzene rings is 1. The Morgan fingerprint density at radius 3 is 2.88 bits per heavy atom. The molecule has 128 valence electrons. The number of hydrogen-bond acceptors (Lipinski definition) is 4. The third kappa shape index (κ3) is 3.29. The summed E-state index contributed by atoms with van der Waals surface area (Å²) in [6.45, 7) is 4.33. The molecule has 3 rings (SSSR count). The first kappa shape index (κ1) is 16.5. The van der Waals surface area contributed by atoms with Crippen molar-refractivity contribution in [1.29, 1.82) is 0 Å². The van der Waals surface area contributed by atoms with Crippen LogP contribution in [0.25, 0.3) is 0 Å². The minimum absolute atomic E-state index is 0.135. The Labute approximate surface area is 138 Å². The summed E-state index contributed by atoms with van der Waals surface area (Å²) in [5.74, 6) is -0.404. The van der Waals surface area contributed by atoms with Gasteiger partial charge in [0.15, 0.2) is 5.82 Å². The number of anilines is 1. The summed E-state index contributed by atoms with van der Waals surface area (Å²) < 4.78 is 32.6. The van der Waals surface area contributed by atoms with E-state index in [2.05, 4.69) is 10.1 Å². The Morgan fingerprint density at radius 2 is 2.17 bits per heavy atom. The molecule has 1 aliphatic heterocycles. The van der Waals surface area contributed by atoms with Gasteiger partial charge in [-0.05, 0) is 24.5 Å². The number of fused-ring (bicyclic) bond motifs is 1. The predicted molar refractivity (Wildman–Crippen MR) is 83.7 cm³/mol. The Hall–Kier alpha value is -2.31. The molecule has 0 saturated heterocycles. The van der Waals surface area contributed by atoms with Gasteiger partial charge in [-0.25, -0.2) is 8.78 Å². The van der Waals surface area contributed by atoms with Crippen LogP contribution in [0.1, 0.15) is 49.9 Å². The minimum atomic E-state index is -0.696. The molecule has 0 unspecified atom stereocenters. The number of aryl methyl sites for hydroxylation is 2. The molecule has 5 nitrogen and oxygen atoms in total. The third-order valence-corrected chi connectivity index (χ3v) is 4.06. The molecular formula is C17H19F2N3O2. The van der Waals surface area contributed by atoms with Crippen molar-refractivity contribution in [2.24, 2.45) is 0 Å². The van der Waals surface area contributed by atoms with Gasteiger partial charge < -0.3 is 9.42 Å². The lowest BCUT2D eigenvalue weighted by atomic mass is 10.0. The first-order valence-corrected chi connectivity index (χ1v) is 8.06. The lowest BCUT2D eigenvalue weighted by molar-refractivity contribution is -0.118. The number of carbonyl (C=O) groups is 1. The van der Waals surface area contributed by atoms with Gasteiger partial charge in [-0.3, -0.25) is 4.79 Å². The Kier molecular flexibility index (Phi) is 4.59. The van der Waals surface area contributed by atoms with Crippen molar-refractivity contribution in [3.63, 3.8) is 0 Å². The zero-order valence-electron chi connectivity index (χ0n) is 13.7. The van der Waals surface area contributed by atoms with E-state index in [0.717, 1.165) is 6.07 Å². The van der Waals surface area contributed by atoms with E-state index >= 15 is 0 Å². The summed E-state index contributed by atoms with van der Waals surface area (Å²) >= 11 is 0. The topological polar surface area (TPSA) is 59.2 Å². The number of rotatable bonds is 4. The SMILES string of the molecule is CC(C)c1noc(CCC(=O)N2CCCc3cc(F)cc(F)c32)n1. The summed E-state index contributed by atoms with van der Waals surface area (Å²) in [6.07, 6.45) is 1.68. The van der Waals surface area contributed by atoms with Gasteiger partial charge in [-0.1, -0.05) is 19.0 Å². The zero-order valence-corrected chi connectivity index (χ0v) is 13.7. The predicted octanol–water partition coefficient (Wildman–Crippen LogP) is 3.38. The van der Waals surface area contributed by atoms with Gasteiger partial charge in [0.25, 0.3) is 0 Å². The average Bonchev–Trinajstić information content (AvgIpc) is 3.01. The molecule has 1 aromatic heterocycles. The fourth-order valence-electron chi connectivity index (χ4n) is 2.85. The molecular weight excluding hydrogens is 316 g/mol. The van der Waals surface area contributed by atoms with Gasteiger partial charge in [0.05, 0.1) is 5.69 Å². The Balaban J connectivity index is 1.72. The van der Waals surface area contributed by atoms with Crippen molar-refractivity contribution in [2.75, 3.05) is 11.4 Å². The van der Waals surface area contributed by atoms with Crippen LogP contribution in [0.3, 0.4) is 0 Å². The van der Waals surface area contributed by atoms with Crippen LogP contribution in [-0.2, 0) is 17.6 Å². The van der Waals surface area contributed by atoms with Crippen LogP contribution >= 0.6 is 0 Å². The lowest BCUT2D eigenvalue weighted by Gasteiger charge is -2.29. The molecule has 0 bridgehead atoms. The van der Waals surface area contributed by atoms with Crippen LogP contribution in [0.15, 0.2) is 16.7 Å². The number of amides is 1. The first-order valence-electron chi connectivity index (χ1n) is 8.06. The number of hydrogen-bond donors (Lipinski definition) is 0. The van der Waals surface area contributed by atoms with Crippen molar-refractivity contribution in [1.82, 2.24) is 10.1 Å². The van der Waals surface area contributed by atoms with Gasteiger partial charge in [0.1, 0.15) is 11.6 Å². The fraction of sp³-hybridized carbons (Fsp3) is 0.471. The molecule has 0 saturated carbocycles. The van der Waals surface area contributed by atoms with E-state index in [1.165, 1.54) is 11.0 Å². The molecule has 1 amide bonds. The maximum absolute atomic E-state index is 14.1. The molecule has 0 aliphatic carbocycles. The van der Waals surface area contributed by atoms with E-state index in [1.807, 2.05) is 13.8 Å². The highest BCUT2D eigenvalue weighted by atomic mass is 19.1. The van der Waals surface area contributed by atoms with Gasteiger partial charge in [-0.15, -0.1) is 0 Å². The number of halogens is 2. The second kappa shape index (κ2) is 6.67. The summed E-state index contributed by atoms with van der Waals surface area (Å²) in [4.78, 5) is 18.1. The van der Waals surface area contributed by atoms with E-state index in [9.17, 15) is 13.6 Å². The summed E-state index contributed by atoms with van der Waals surface area (Å²) in [6, 6.07) is 2.11. The van der Waals surface area contributed by atoms with Crippen LogP contribution in [0.4, 0.5) is 14.5 Å². The summed E-state index contributed by atoms with van der Waals surface area (Å²) in [5.41, 5.74) is 0.730. The van der Waals surface area contributed by atoms with Gasteiger partial charge in [0, 0.05) is 31.4 Å². The van der Waals surface area contributed by atoms with E-state index in [-0.39, 0.29) is 23.9 Å². The molecule has 2 heterocycles. The fourth-order valence-corrected chi connectivity index (χ4v) is 2.85. The first-order chi connectivity index (χ1) is 11.5. The van der Waals surface area contributed by atoms with Gasteiger partial charge in [0.2, 0.25) is 11.8 Å². The van der Waals surface area contributed by atoms with Gasteiger partial charge in [-0.2, -0.15) is 4.98 Å². The highest BCUT2D eigenvalue weighted by Gasteiger charge is 2.26. The third-order valence-electron chi connectivity index (χ3n) is 4.06. The van der Waals surface area contributed by atoms with Crippen LogP contribution in [0.5, 0.6) is 0 Å². The number of carbonyl (C=O) groups excluding carboxylic acids is 1. The zero-order chi connectivity index (χ0) is 17.3. The maximum atomic E-state index is 14.1. The smallest absolute Gasteiger partial charge is 0.227 e. The Morgan fingerprint density at radius 1 is 1.38 bits per heavy atom. The Bertz CT molecular complexity index is 758. The van der Waals surface area contributed by atoms with Gasteiger partial charge >= 0.3 is 0 Å². The quantitative estimate of drug-likeness (QED) is 0.859. The highest BCUT2D eigenvalue weighted by Crippen LogP contribution is 2.31. The second-order valence-corrected chi connectivity index (χ2v) is 6.25. The van der Waals surface area contributed by atoms with Crippen molar-refractivity contribution in [2.45, 2.75) is 45.4 Å². The lowest BCUT2D eigenvalue weighted by Crippen LogP contribution is -2.36. The highest BCUT2D eigenvalue weighted by molar-refractivity contribution is 5.94.